The van der Waals surface area contributed by atoms with Gasteiger partial charge in [-0.15, -0.1) is 0 Å². The lowest BCUT2D eigenvalue weighted by Crippen LogP contribution is -2.13. The molecule has 90 valence electrons. The lowest BCUT2D eigenvalue weighted by molar-refractivity contribution is 0.368. The van der Waals surface area contributed by atoms with Crippen molar-refractivity contribution in [1.29, 1.82) is 0 Å². The summed E-state index contributed by atoms with van der Waals surface area (Å²) in [5, 5.41) is 7.15. The zero-order valence-electron chi connectivity index (χ0n) is 10.1. The van der Waals surface area contributed by atoms with Crippen LogP contribution in [0.1, 0.15) is 24.8 Å². The number of hydrogen-bond acceptors (Lipinski definition) is 5. The first-order valence-corrected chi connectivity index (χ1v) is 5.76. The Balaban J connectivity index is 2.10. The van der Waals surface area contributed by atoms with Crippen molar-refractivity contribution in [3.05, 3.63) is 29.8 Å². The van der Waals surface area contributed by atoms with Gasteiger partial charge < -0.3 is 9.84 Å². The summed E-state index contributed by atoms with van der Waals surface area (Å²) in [6, 6.07) is 3.87. The number of nitrogens with one attached hydrogen (secondary N) is 1. The van der Waals surface area contributed by atoms with Crippen LogP contribution in [-0.2, 0) is 6.54 Å². The molecule has 0 spiro atoms. The molecule has 2 aromatic heterocycles. The van der Waals surface area contributed by atoms with Crippen molar-refractivity contribution in [2.75, 3.05) is 6.54 Å². The smallest absolute Gasteiger partial charge is 0.240 e. The van der Waals surface area contributed by atoms with Crippen molar-refractivity contribution in [1.82, 2.24) is 20.4 Å². The van der Waals surface area contributed by atoms with Gasteiger partial charge in [-0.05, 0) is 31.5 Å². The van der Waals surface area contributed by atoms with E-state index in [0.29, 0.717) is 18.3 Å². The van der Waals surface area contributed by atoms with Crippen LogP contribution in [0.5, 0.6) is 0 Å². The quantitative estimate of drug-likeness (QED) is 0.798. The van der Waals surface area contributed by atoms with E-state index in [2.05, 4.69) is 27.4 Å². The number of aryl methyl sites for hydroxylation is 1. The lowest BCUT2D eigenvalue weighted by Gasteiger charge is -1.97. The summed E-state index contributed by atoms with van der Waals surface area (Å²) in [7, 11) is 0. The molecule has 0 saturated heterocycles. The zero-order chi connectivity index (χ0) is 12.1. The van der Waals surface area contributed by atoms with Crippen LogP contribution in [0.25, 0.3) is 11.5 Å². The molecule has 1 N–H and O–H groups in total. The van der Waals surface area contributed by atoms with Gasteiger partial charge in [-0.25, -0.2) is 0 Å². The summed E-state index contributed by atoms with van der Waals surface area (Å²) in [5.41, 5.74) is 1.82. The summed E-state index contributed by atoms with van der Waals surface area (Å²) in [5.74, 6) is 1.15. The molecule has 2 rings (SSSR count). The largest absolute Gasteiger partial charge is 0.337 e. The fourth-order valence-corrected chi connectivity index (χ4v) is 1.51. The van der Waals surface area contributed by atoms with Crippen molar-refractivity contribution in [2.45, 2.75) is 26.8 Å². The first kappa shape index (κ1) is 11.7. The Morgan fingerprint density at radius 2 is 2.29 bits per heavy atom. The van der Waals surface area contributed by atoms with Crippen LogP contribution in [0.3, 0.4) is 0 Å². The molecule has 0 bridgehead atoms. The predicted molar refractivity (Wildman–Crippen MR) is 64.3 cm³/mol. The Hall–Kier alpha value is -1.75. The minimum atomic E-state index is 0.552. The third-order valence-corrected chi connectivity index (χ3v) is 2.39. The average Bonchev–Trinajstić information content (AvgIpc) is 2.79. The van der Waals surface area contributed by atoms with Crippen molar-refractivity contribution < 1.29 is 4.52 Å². The fourth-order valence-electron chi connectivity index (χ4n) is 1.51. The highest BCUT2D eigenvalue weighted by atomic mass is 16.5. The van der Waals surface area contributed by atoms with Crippen molar-refractivity contribution in [3.63, 3.8) is 0 Å². The van der Waals surface area contributed by atoms with Gasteiger partial charge in [-0.3, -0.25) is 4.98 Å². The minimum absolute atomic E-state index is 0.552. The molecule has 0 atom stereocenters. The molecule has 0 saturated carbocycles. The van der Waals surface area contributed by atoms with Crippen LogP contribution in [0.2, 0.25) is 0 Å². The van der Waals surface area contributed by atoms with Gasteiger partial charge in [0.2, 0.25) is 11.7 Å². The van der Waals surface area contributed by atoms with E-state index in [4.69, 9.17) is 4.52 Å². The van der Waals surface area contributed by atoms with E-state index >= 15 is 0 Å². The highest BCUT2D eigenvalue weighted by molar-refractivity contribution is 5.52. The van der Waals surface area contributed by atoms with Gasteiger partial charge in [0.25, 0.3) is 0 Å². The van der Waals surface area contributed by atoms with Crippen molar-refractivity contribution >= 4 is 0 Å². The first-order valence-electron chi connectivity index (χ1n) is 5.76. The van der Waals surface area contributed by atoms with Crippen LogP contribution in [0.15, 0.2) is 22.9 Å². The van der Waals surface area contributed by atoms with Gasteiger partial charge in [0.1, 0.15) is 5.69 Å². The fraction of sp³-hybridized carbons (Fsp3) is 0.417. The van der Waals surface area contributed by atoms with Gasteiger partial charge in [0, 0.05) is 6.20 Å². The molecule has 2 aromatic rings. The Bertz CT molecular complexity index is 481. The maximum absolute atomic E-state index is 5.16. The number of hydrogen-bond donors (Lipinski definition) is 1. The van der Waals surface area contributed by atoms with E-state index in [-0.39, 0.29) is 0 Å². The van der Waals surface area contributed by atoms with Gasteiger partial charge in [-0.2, -0.15) is 4.98 Å². The summed E-state index contributed by atoms with van der Waals surface area (Å²) in [6.07, 6.45) is 2.81. The normalized spacial score (nSPS) is 10.7. The number of nitrogens with zero attached hydrogens (tertiary/aromatic N) is 3. The molecule has 0 radical (unpaired) electrons. The van der Waals surface area contributed by atoms with Gasteiger partial charge in [-0.1, -0.05) is 18.1 Å². The Morgan fingerprint density at radius 3 is 3.06 bits per heavy atom. The second-order valence-electron chi connectivity index (χ2n) is 3.86. The van der Waals surface area contributed by atoms with Crippen LogP contribution in [-0.4, -0.2) is 21.7 Å². The second kappa shape index (κ2) is 5.54. The van der Waals surface area contributed by atoms with Crippen LogP contribution in [0.4, 0.5) is 0 Å². The Morgan fingerprint density at radius 1 is 1.41 bits per heavy atom. The van der Waals surface area contributed by atoms with Gasteiger partial charge in [0.05, 0.1) is 6.54 Å². The molecule has 0 aliphatic carbocycles. The summed E-state index contributed by atoms with van der Waals surface area (Å²) >= 11 is 0. The maximum atomic E-state index is 5.16. The zero-order valence-corrected chi connectivity index (χ0v) is 10.1. The molecule has 5 nitrogen and oxygen atoms in total. The molecular weight excluding hydrogens is 216 g/mol. The van der Waals surface area contributed by atoms with E-state index in [9.17, 15) is 0 Å². The summed E-state index contributed by atoms with van der Waals surface area (Å²) in [6.45, 7) is 5.64. The third kappa shape index (κ3) is 2.88. The van der Waals surface area contributed by atoms with Crippen LogP contribution >= 0.6 is 0 Å². The summed E-state index contributed by atoms with van der Waals surface area (Å²) < 4.78 is 5.16. The average molecular weight is 232 g/mol. The van der Waals surface area contributed by atoms with Gasteiger partial charge in [0.15, 0.2) is 0 Å². The molecule has 0 aliphatic heterocycles. The van der Waals surface area contributed by atoms with Crippen molar-refractivity contribution in [3.8, 4) is 11.5 Å². The highest BCUT2D eigenvalue weighted by Gasteiger charge is 2.11. The monoisotopic (exact) mass is 232 g/mol. The number of aromatic nitrogens is 3. The molecular formula is C12H16N4O. The maximum Gasteiger partial charge on any atom is 0.240 e. The molecule has 0 aromatic carbocycles. The molecule has 0 amide bonds. The lowest BCUT2D eigenvalue weighted by atomic mass is 10.2. The molecule has 2 heterocycles. The van der Waals surface area contributed by atoms with E-state index in [0.717, 1.165) is 24.2 Å². The first-order chi connectivity index (χ1) is 8.31. The third-order valence-electron chi connectivity index (χ3n) is 2.39. The standard InChI is InChI=1S/C12H16N4O/c1-3-6-13-8-10-15-12(16-17-10)11-9(2)5-4-7-14-11/h4-5,7,13H,3,6,8H2,1-2H3. The van der Waals surface area contributed by atoms with Crippen LogP contribution < -0.4 is 5.32 Å². The Labute approximate surface area is 100 Å². The number of rotatable bonds is 5. The van der Waals surface area contributed by atoms with Crippen LogP contribution in [0, 0.1) is 6.92 Å². The summed E-state index contributed by atoms with van der Waals surface area (Å²) in [4.78, 5) is 8.56. The topological polar surface area (TPSA) is 63.8 Å². The highest BCUT2D eigenvalue weighted by Crippen LogP contribution is 2.16. The molecule has 17 heavy (non-hydrogen) atoms. The molecule has 0 unspecified atom stereocenters. The molecule has 5 heteroatoms. The van der Waals surface area contributed by atoms with E-state index in [1.54, 1.807) is 6.20 Å². The van der Waals surface area contributed by atoms with E-state index < -0.39 is 0 Å². The molecule has 0 fully saturated rings. The predicted octanol–water partition coefficient (Wildman–Crippen LogP) is 1.94. The SMILES string of the molecule is CCCNCc1nc(-c2ncccc2C)no1. The second-order valence-corrected chi connectivity index (χ2v) is 3.86. The van der Waals surface area contributed by atoms with Gasteiger partial charge >= 0.3 is 0 Å². The molecule has 0 aliphatic rings. The Kier molecular flexibility index (Phi) is 3.82. The van der Waals surface area contributed by atoms with E-state index in [1.165, 1.54) is 0 Å². The van der Waals surface area contributed by atoms with E-state index in [1.807, 2.05) is 19.1 Å². The number of pyridine rings is 1. The van der Waals surface area contributed by atoms with Crippen molar-refractivity contribution in [2.24, 2.45) is 0 Å². The minimum Gasteiger partial charge on any atom is -0.337 e.